The van der Waals surface area contributed by atoms with Crippen molar-refractivity contribution >= 4 is 27.5 Å². The highest BCUT2D eigenvalue weighted by Crippen LogP contribution is 2.34. The summed E-state index contributed by atoms with van der Waals surface area (Å²) in [5.41, 5.74) is 0.453. The van der Waals surface area contributed by atoms with Gasteiger partial charge >= 0.3 is 0 Å². The van der Waals surface area contributed by atoms with Crippen LogP contribution < -0.4 is 4.74 Å². The molecule has 0 heterocycles. The molecule has 0 aliphatic heterocycles. The van der Waals surface area contributed by atoms with Crippen molar-refractivity contribution in [2.24, 2.45) is 0 Å². The molecule has 1 unspecified atom stereocenters. The van der Waals surface area contributed by atoms with Crippen molar-refractivity contribution in [1.82, 2.24) is 0 Å². The molecular weight excluding hydrogens is 350 g/mol. The van der Waals surface area contributed by atoms with E-state index in [1.807, 2.05) is 6.92 Å². The summed E-state index contributed by atoms with van der Waals surface area (Å²) in [6.07, 6.45) is 0. The average Bonchev–Trinajstić information content (AvgIpc) is 2.38. The summed E-state index contributed by atoms with van der Waals surface area (Å²) in [6, 6.07) is 9.24. The summed E-state index contributed by atoms with van der Waals surface area (Å²) in [7, 11) is 0. The lowest BCUT2D eigenvalue weighted by Gasteiger charge is -2.13. The summed E-state index contributed by atoms with van der Waals surface area (Å²) in [5, 5.41) is -0.890. The molecule has 0 aromatic heterocycles. The molecule has 2 rings (SSSR count). The van der Waals surface area contributed by atoms with Crippen molar-refractivity contribution in [3.05, 3.63) is 63.6 Å². The van der Waals surface area contributed by atoms with Crippen LogP contribution in [0.4, 0.5) is 8.78 Å². The summed E-state index contributed by atoms with van der Waals surface area (Å²) in [4.78, 5) is 0. The SMILES string of the molecule is CCOc1ccc(C(Cl)c2c(F)cc(Br)cc2F)cc1. The predicted molar refractivity (Wildman–Crippen MR) is 79.4 cm³/mol. The van der Waals surface area contributed by atoms with Gasteiger partial charge in [-0.25, -0.2) is 8.78 Å². The Hall–Kier alpha value is -1.13. The second kappa shape index (κ2) is 6.55. The molecule has 5 heteroatoms. The quantitative estimate of drug-likeness (QED) is 0.658. The third-order valence-electron chi connectivity index (χ3n) is 2.78. The topological polar surface area (TPSA) is 9.23 Å². The first kappa shape index (κ1) is 15.3. The average molecular weight is 362 g/mol. The molecule has 0 saturated heterocycles. The van der Waals surface area contributed by atoms with Crippen LogP contribution in [-0.2, 0) is 0 Å². The molecule has 1 atom stereocenters. The maximum absolute atomic E-state index is 13.9. The lowest BCUT2D eigenvalue weighted by Crippen LogP contribution is -2.01. The Morgan fingerprint density at radius 3 is 2.20 bits per heavy atom. The van der Waals surface area contributed by atoms with Crippen molar-refractivity contribution in [1.29, 1.82) is 0 Å². The molecule has 1 nitrogen and oxygen atoms in total. The van der Waals surface area contributed by atoms with Crippen molar-refractivity contribution in [2.45, 2.75) is 12.3 Å². The molecule has 0 fully saturated rings. The van der Waals surface area contributed by atoms with Crippen LogP contribution in [0, 0.1) is 11.6 Å². The molecule has 20 heavy (non-hydrogen) atoms. The number of alkyl halides is 1. The standard InChI is InChI=1S/C15H12BrClF2O/c1-2-20-11-5-3-9(4-6-11)15(17)14-12(18)7-10(16)8-13(14)19/h3-8,15H,2H2,1H3. The predicted octanol–water partition coefficient (Wildman–Crippen LogP) is 5.45. The van der Waals surface area contributed by atoms with E-state index in [2.05, 4.69) is 15.9 Å². The zero-order valence-electron chi connectivity index (χ0n) is 10.7. The summed E-state index contributed by atoms with van der Waals surface area (Å²) < 4.78 is 33.4. The van der Waals surface area contributed by atoms with E-state index >= 15 is 0 Å². The van der Waals surface area contributed by atoms with E-state index in [4.69, 9.17) is 16.3 Å². The summed E-state index contributed by atoms with van der Waals surface area (Å²) >= 11 is 9.23. The van der Waals surface area contributed by atoms with Crippen LogP contribution in [0.25, 0.3) is 0 Å². The van der Waals surface area contributed by atoms with Crippen LogP contribution in [0.2, 0.25) is 0 Å². The zero-order valence-corrected chi connectivity index (χ0v) is 13.0. The van der Waals surface area contributed by atoms with Crippen molar-refractivity contribution in [3.8, 4) is 5.75 Å². The molecule has 0 amide bonds. The highest BCUT2D eigenvalue weighted by atomic mass is 79.9. The minimum absolute atomic E-state index is 0.154. The Morgan fingerprint density at radius 2 is 1.70 bits per heavy atom. The molecule has 0 spiro atoms. The molecule has 2 aromatic carbocycles. The Labute approximate surface area is 129 Å². The summed E-state index contributed by atoms with van der Waals surface area (Å²) in [5.74, 6) is -0.659. The largest absolute Gasteiger partial charge is 0.494 e. The number of benzene rings is 2. The van der Waals surface area contributed by atoms with Crippen molar-refractivity contribution < 1.29 is 13.5 Å². The van der Waals surface area contributed by atoms with Gasteiger partial charge in [0, 0.05) is 10.0 Å². The van der Waals surface area contributed by atoms with Gasteiger partial charge in [0.2, 0.25) is 0 Å². The Morgan fingerprint density at radius 1 is 1.15 bits per heavy atom. The van der Waals surface area contributed by atoms with Gasteiger partial charge in [-0.3, -0.25) is 0 Å². The number of halogens is 4. The van der Waals surface area contributed by atoms with Gasteiger partial charge < -0.3 is 4.74 Å². The highest BCUT2D eigenvalue weighted by Gasteiger charge is 2.20. The fourth-order valence-electron chi connectivity index (χ4n) is 1.86. The van der Waals surface area contributed by atoms with E-state index in [1.165, 1.54) is 12.1 Å². The normalized spacial score (nSPS) is 12.2. The van der Waals surface area contributed by atoms with E-state index in [-0.39, 0.29) is 5.56 Å². The van der Waals surface area contributed by atoms with E-state index in [1.54, 1.807) is 24.3 Å². The molecule has 0 aliphatic rings. The Kier molecular flexibility index (Phi) is 5.00. The second-order valence-electron chi connectivity index (χ2n) is 4.15. The van der Waals surface area contributed by atoms with Gasteiger partial charge in [0.25, 0.3) is 0 Å². The highest BCUT2D eigenvalue weighted by molar-refractivity contribution is 9.10. The zero-order chi connectivity index (χ0) is 14.7. The molecule has 0 radical (unpaired) electrons. The third kappa shape index (κ3) is 3.30. The first-order chi connectivity index (χ1) is 9.52. The van der Waals surface area contributed by atoms with Crippen molar-refractivity contribution in [2.75, 3.05) is 6.61 Å². The van der Waals surface area contributed by atoms with Crippen LogP contribution in [0.5, 0.6) is 5.75 Å². The smallest absolute Gasteiger partial charge is 0.132 e. The van der Waals surface area contributed by atoms with Crippen molar-refractivity contribution in [3.63, 3.8) is 0 Å². The van der Waals surface area contributed by atoms with Gasteiger partial charge in [0.05, 0.1) is 12.0 Å². The first-order valence-corrected chi connectivity index (χ1v) is 7.27. The molecule has 106 valence electrons. The van der Waals surface area contributed by atoms with Gasteiger partial charge in [-0.15, -0.1) is 11.6 Å². The van der Waals surface area contributed by atoms with Gasteiger partial charge in [-0.05, 0) is 36.8 Å². The number of ether oxygens (including phenoxy) is 1. The lowest BCUT2D eigenvalue weighted by atomic mass is 10.0. The van der Waals surface area contributed by atoms with Crippen LogP contribution in [0.1, 0.15) is 23.4 Å². The monoisotopic (exact) mass is 360 g/mol. The van der Waals surface area contributed by atoms with Crippen LogP contribution in [0.3, 0.4) is 0 Å². The van der Waals surface area contributed by atoms with E-state index in [0.29, 0.717) is 22.4 Å². The van der Waals surface area contributed by atoms with Gasteiger partial charge in [-0.1, -0.05) is 28.1 Å². The summed E-state index contributed by atoms with van der Waals surface area (Å²) in [6.45, 7) is 2.43. The molecular formula is C15H12BrClF2O. The second-order valence-corrected chi connectivity index (χ2v) is 5.50. The maximum atomic E-state index is 13.9. The van der Waals surface area contributed by atoms with E-state index < -0.39 is 17.0 Å². The Bertz CT molecular complexity index is 578. The molecule has 0 saturated carbocycles. The van der Waals surface area contributed by atoms with Crippen LogP contribution >= 0.6 is 27.5 Å². The molecule has 0 aliphatic carbocycles. The van der Waals surface area contributed by atoms with Gasteiger partial charge in [0.15, 0.2) is 0 Å². The fraction of sp³-hybridized carbons (Fsp3) is 0.200. The van der Waals surface area contributed by atoms with Crippen LogP contribution in [0.15, 0.2) is 40.9 Å². The molecule has 2 aromatic rings. The first-order valence-electron chi connectivity index (χ1n) is 6.04. The minimum Gasteiger partial charge on any atom is -0.494 e. The molecule has 0 bridgehead atoms. The third-order valence-corrected chi connectivity index (χ3v) is 3.71. The minimum atomic E-state index is -0.890. The molecule has 0 N–H and O–H groups in total. The van der Waals surface area contributed by atoms with Gasteiger partial charge in [0.1, 0.15) is 17.4 Å². The Balaban J connectivity index is 2.33. The lowest BCUT2D eigenvalue weighted by molar-refractivity contribution is 0.340. The number of hydrogen-bond donors (Lipinski definition) is 0. The number of hydrogen-bond acceptors (Lipinski definition) is 1. The van der Waals surface area contributed by atoms with E-state index in [9.17, 15) is 8.78 Å². The van der Waals surface area contributed by atoms with E-state index in [0.717, 1.165) is 0 Å². The van der Waals surface area contributed by atoms with Gasteiger partial charge in [-0.2, -0.15) is 0 Å². The van der Waals surface area contributed by atoms with Crippen LogP contribution in [-0.4, -0.2) is 6.61 Å². The number of rotatable bonds is 4. The maximum Gasteiger partial charge on any atom is 0.132 e. The fourth-order valence-corrected chi connectivity index (χ4v) is 2.62.